The van der Waals surface area contributed by atoms with Gasteiger partial charge in [0.25, 0.3) is 0 Å². The van der Waals surface area contributed by atoms with Crippen LogP contribution in [0.2, 0.25) is 0 Å². The van der Waals surface area contributed by atoms with Gasteiger partial charge in [0.15, 0.2) is 0 Å². The van der Waals surface area contributed by atoms with E-state index in [1.807, 2.05) is 37.3 Å². The Hall–Kier alpha value is -1.01. The Morgan fingerprint density at radius 3 is 2.06 bits per heavy atom. The van der Waals surface area contributed by atoms with E-state index in [2.05, 4.69) is 4.99 Å². The normalized spacial score (nSPS) is 12.8. The summed E-state index contributed by atoms with van der Waals surface area (Å²) >= 11 is 0. The summed E-state index contributed by atoms with van der Waals surface area (Å²) in [7, 11) is 2.17. The minimum atomic E-state index is -2.60. The molecule has 0 saturated carbocycles. The number of nitrogens with zero attached hydrogens (tertiary/aromatic N) is 1. The zero-order valence-electron chi connectivity index (χ0n) is 10.8. The minimum absolute atomic E-state index is 0.428. The summed E-state index contributed by atoms with van der Waals surface area (Å²) in [5, 5.41) is 0. The number of rotatable bonds is 6. The Balaban J connectivity index is 2.77. The first kappa shape index (κ1) is 14.0. The average molecular weight is 253 g/mol. The molecule has 0 radical (unpaired) electrons. The first-order valence-corrected chi connectivity index (χ1v) is 7.32. The van der Waals surface area contributed by atoms with Crippen molar-refractivity contribution >= 4 is 14.5 Å². The summed E-state index contributed by atoms with van der Waals surface area (Å²) in [6.45, 7) is 1.97. The monoisotopic (exact) mass is 253 g/mol. The molecule has 0 N–H and O–H groups in total. The number of aliphatic imine (C=N–C) groups is 1. The van der Waals surface area contributed by atoms with Crippen LogP contribution >= 0.6 is 0 Å². The van der Waals surface area contributed by atoms with Crippen molar-refractivity contribution in [2.24, 2.45) is 4.99 Å². The molecule has 0 atom stereocenters. The van der Waals surface area contributed by atoms with E-state index >= 15 is 0 Å². The third-order valence-corrected chi connectivity index (χ3v) is 5.05. The first-order chi connectivity index (χ1) is 8.17. The smallest absolute Gasteiger partial charge is 0.376 e. The van der Waals surface area contributed by atoms with Crippen LogP contribution in [0.15, 0.2) is 35.3 Å². The van der Waals surface area contributed by atoms with Gasteiger partial charge in [-0.2, -0.15) is 0 Å². The van der Waals surface area contributed by atoms with E-state index in [0.717, 1.165) is 11.3 Å². The van der Waals surface area contributed by atoms with Crippen molar-refractivity contribution in [2.45, 2.75) is 6.92 Å². The van der Waals surface area contributed by atoms with Gasteiger partial charge in [0.1, 0.15) is 6.17 Å². The number of hydrogen-bond donors (Lipinski definition) is 0. The lowest BCUT2D eigenvalue weighted by Crippen LogP contribution is -2.46. The van der Waals surface area contributed by atoms with Gasteiger partial charge in [0, 0.05) is 27.0 Å². The van der Waals surface area contributed by atoms with Crippen LogP contribution < -0.4 is 0 Å². The SMILES string of the molecule is CO[Si](CN=C(C)c1ccccc1)(OC)OC. The molecule has 0 fully saturated rings. The van der Waals surface area contributed by atoms with Crippen LogP contribution in [0.1, 0.15) is 12.5 Å². The molecule has 0 unspecified atom stereocenters. The summed E-state index contributed by atoms with van der Waals surface area (Å²) in [6, 6.07) is 10.0. The van der Waals surface area contributed by atoms with E-state index < -0.39 is 8.80 Å². The van der Waals surface area contributed by atoms with Crippen molar-refractivity contribution in [1.82, 2.24) is 0 Å². The van der Waals surface area contributed by atoms with Crippen LogP contribution in [0.5, 0.6) is 0 Å². The van der Waals surface area contributed by atoms with Gasteiger partial charge in [-0.05, 0) is 12.5 Å². The summed E-state index contributed by atoms with van der Waals surface area (Å²) in [6.07, 6.45) is 0.428. The Morgan fingerprint density at radius 1 is 1.06 bits per heavy atom. The largest absolute Gasteiger partial charge is 0.522 e. The maximum absolute atomic E-state index is 5.31. The molecule has 0 aliphatic heterocycles. The highest BCUT2D eigenvalue weighted by molar-refractivity contribution is 6.61. The lowest BCUT2D eigenvalue weighted by Gasteiger charge is -2.22. The quantitative estimate of drug-likeness (QED) is 0.574. The zero-order chi connectivity index (χ0) is 12.7. The molecule has 1 rings (SSSR count). The predicted octanol–water partition coefficient (Wildman–Crippen LogP) is 1.91. The Morgan fingerprint density at radius 2 is 1.59 bits per heavy atom. The second-order valence-electron chi connectivity index (χ2n) is 3.56. The molecular formula is C12H19NO3Si. The van der Waals surface area contributed by atoms with Crippen LogP contribution in [0.25, 0.3) is 0 Å². The summed E-state index contributed by atoms with van der Waals surface area (Å²) < 4.78 is 15.9. The summed E-state index contributed by atoms with van der Waals surface area (Å²) in [5.41, 5.74) is 2.05. The van der Waals surface area contributed by atoms with Crippen LogP contribution in [-0.4, -0.2) is 42.0 Å². The van der Waals surface area contributed by atoms with Crippen molar-refractivity contribution < 1.29 is 13.3 Å². The van der Waals surface area contributed by atoms with E-state index in [9.17, 15) is 0 Å². The maximum Gasteiger partial charge on any atom is 0.522 e. The van der Waals surface area contributed by atoms with Crippen LogP contribution in [0.4, 0.5) is 0 Å². The lowest BCUT2D eigenvalue weighted by atomic mass is 10.1. The maximum atomic E-state index is 5.31. The van der Waals surface area contributed by atoms with Crippen molar-refractivity contribution in [1.29, 1.82) is 0 Å². The van der Waals surface area contributed by atoms with Crippen molar-refractivity contribution in [3.63, 3.8) is 0 Å². The fraction of sp³-hybridized carbons (Fsp3) is 0.417. The molecule has 0 bridgehead atoms. The highest BCUT2D eigenvalue weighted by atomic mass is 28.4. The molecule has 94 valence electrons. The highest BCUT2D eigenvalue weighted by Crippen LogP contribution is 2.08. The van der Waals surface area contributed by atoms with E-state index in [1.165, 1.54) is 0 Å². The molecule has 0 saturated heterocycles. The molecule has 1 aromatic carbocycles. The molecular weight excluding hydrogens is 234 g/mol. The molecule has 0 spiro atoms. The summed E-state index contributed by atoms with van der Waals surface area (Å²) in [4.78, 5) is 4.48. The average Bonchev–Trinajstić information content (AvgIpc) is 2.41. The topological polar surface area (TPSA) is 40.0 Å². The van der Waals surface area contributed by atoms with Crippen molar-refractivity contribution in [3.05, 3.63) is 35.9 Å². The van der Waals surface area contributed by atoms with Crippen LogP contribution in [-0.2, 0) is 13.3 Å². The Kier molecular flexibility index (Phi) is 5.50. The van der Waals surface area contributed by atoms with Gasteiger partial charge >= 0.3 is 8.80 Å². The number of benzene rings is 1. The van der Waals surface area contributed by atoms with Crippen molar-refractivity contribution in [3.8, 4) is 0 Å². The third kappa shape index (κ3) is 3.74. The molecule has 0 aromatic heterocycles. The minimum Gasteiger partial charge on any atom is -0.376 e. The standard InChI is InChI=1S/C12H19NO3Si/c1-11(12-8-6-5-7-9-12)13-10-17(14-2,15-3)16-4/h5-9H,10H2,1-4H3. The molecule has 0 aliphatic rings. The van der Waals surface area contributed by atoms with Crippen LogP contribution in [0, 0.1) is 0 Å². The van der Waals surface area contributed by atoms with E-state index in [4.69, 9.17) is 13.3 Å². The molecule has 0 heterocycles. The molecule has 17 heavy (non-hydrogen) atoms. The van der Waals surface area contributed by atoms with Gasteiger partial charge in [-0.1, -0.05) is 30.3 Å². The van der Waals surface area contributed by atoms with Gasteiger partial charge in [-0.25, -0.2) is 0 Å². The highest BCUT2D eigenvalue weighted by Gasteiger charge is 2.37. The second-order valence-corrected chi connectivity index (χ2v) is 6.47. The lowest BCUT2D eigenvalue weighted by molar-refractivity contribution is 0.125. The first-order valence-electron chi connectivity index (χ1n) is 5.39. The fourth-order valence-electron chi connectivity index (χ4n) is 1.43. The summed E-state index contributed by atoms with van der Waals surface area (Å²) in [5.74, 6) is 0. The van der Waals surface area contributed by atoms with Gasteiger partial charge < -0.3 is 13.3 Å². The molecule has 0 amide bonds. The van der Waals surface area contributed by atoms with Gasteiger partial charge in [0.2, 0.25) is 0 Å². The molecule has 5 heteroatoms. The van der Waals surface area contributed by atoms with E-state index in [-0.39, 0.29) is 0 Å². The predicted molar refractivity (Wildman–Crippen MR) is 70.3 cm³/mol. The van der Waals surface area contributed by atoms with E-state index in [1.54, 1.807) is 21.3 Å². The van der Waals surface area contributed by atoms with Gasteiger partial charge in [-0.3, -0.25) is 4.99 Å². The van der Waals surface area contributed by atoms with Gasteiger partial charge in [-0.15, -0.1) is 0 Å². The molecule has 1 aromatic rings. The third-order valence-electron chi connectivity index (χ3n) is 2.63. The fourth-order valence-corrected chi connectivity index (χ4v) is 2.75. The second kappa shape index (κ2) is 6.66. The zero-order valence-corrected chi connectivity index (χ0v) is 11.8. The van der Waals surface area contributed by atoms with Gasteiger partial charge in [0.05, 0.1) is 0 Å². The van der Waals surface area contributed by atoms with Crippen molar-refractivity contribution in [2.75, 3.05) is 27.5 Å². The number of hydrogen-bond acceptors (Lipinski definition) is 4. The Bertz CT molecular complexity index is 355. The van der Waals surface area contributed by atoms with Crippen LogP contribution in [0.3, 0.4) is 0 Å². The molecule has 4 nitrogen and oxygen atoms in total. The molecule has 0 aliphatic carbocycles. The Labute approximate surface area is 104 Å². The van der Waals surface area contributed by atoms with E-state index in [0.29, 0.717) is 6.17 Å².